The van der Waals surface area contributed by atoms with Crippen molar-refractivity contribution in [3.05, 3.63) is 54.4 Å². The van der Waals surface area contributed by atoms with Crippen LogP contribution in [0.15, 0.2) is 48.8 Å². The molecule has 2 heterocycles. The smallest absolute Gasteiger partial charge is 0.321 e. The molecule has 1 aromatic carbocycles. The Kier molecular flexibility index (Phi) is 6.45. The number of anilines is 2. The van der Waals surface area contributed by atoms with Gasteiger partial charge in [0.25, 0.3) is 5.91 Å². The second kappa shape index (κ2) is 9.01. The zero-order chi connectivity index (χ0) is 20.9. The van der Waals surface area contributed by atoms with Gasteiger partial charge in [0.15, 0.2) is 0 Å². The summed E-state index contributed by atoms with van der Waals surface area (Å²) in [5, 5.41) is 5.56. The molecule has 1 atom stereocenters. The molecule has 1 aromatic heterocycles. The number of likely N-dealkylation sites (tertiary alicyclic amines) is 1. The lowest BCUT2D eigenvalue weighted by molar-refractivity contribution is 0.102. The standard InChI is InChI=1S/C19H23N5O4S/c1-29(27,28)23-17-8-4-10-24(13-17)19(26)22-16-7-2-6-15(11-16)21-18(25)14-5-3-9-20-12-14/h2-3,5-7,9,11-12,17,23H,4,8,10,13H2,1H3,(H,21,25)(H,22,26)/t17-/m0/s1. The van der Waals surface area contributed by atoms with Crippen LogP contribution in [0.25, 0.3) is 0 Å². The molecule has 3 rings (SSSR count). The number of benzene rings is 1. The molecule has 9 nitrogen and oxygen atoms in total. The number of amides is 3. The third-order valence-corrected chi connectivity index (χ3v) is 5.15. The SMILES string of the molecule is CS(=O)(=O)N[C@H]1CCCN(C(=O)Nc2cccc(NC(=O)c3cccnc3)c2)C1. The Labute approximate surface area is 169 Å². The topological polar surface area (TPSA) is 121 Å². The number of nitrogens with zero attached hydrogens (tertiary/aromatic N) is 2. The predicted octanol–water partition coefficient (Wildman–Crippen LogP) is 1.88. The Bertz CT molecular complexity index is 981. The van der Waals surface area contributed by atoms with E-state index in [2.05, 4.69) is 20.3 Å². The normalized spacial score (nSPS) is 16.9. The van der Waals surface area contributed by atoms with Crippen molar-refractivity contribution in [2.75, 3.05) is 30.0 Å². The minimum atomic E-state index is -3.32. The van der Waals surface area contributed by atoms with Crippen LogP contribution in [-0.4, -0.2) is 55.6 Å². The zero-order valence-electron chi connectivity index (χ0n) is 16.0. The number of pyridine rings is 1. The van der Waals surface area contributed by atoms with Crippen LogP contribution in [-0.2, 0) is 10.0 Å². The van der Waals surface area contributed by atoms with Crippen LogP contribution in [0, 0.1) is 0 Å². The lowest BCUT2D eigenvalue weighted by Gasteiger charge is -2.32. The number of rotatable bonds is 5. The van der Waals surface area contributed by atoms with E-state index >= 15 is 0 Å². The van der Waals surface area contributed by atoms with E-state index in [-0.39, 0.29) is 18.0 Å². The quantitative estimate of drug-likeness (QED) is 0.686. The second-order valence-corrected chi connectivity index (χ2v) is 8.66. The number of hydrogen-bond acceptors (Lipinski definition) is 5. The number of aromatic nitrogens is 1. The van der Waals surface area contributed by atoms with Crippen molar-refractivity contribution in [1.29, 1.82) is 0 Å². The van der Waals surface area contributed by atoms with E-state index in [9.17, 15) is 18.0 Å². The van der Waals surface area contributed by atoms with Crippen molar-refractivity contribution in [3.8, 4) is 0 Å². The first kappa shape index (κ1) is 20.7. The molecule has 10 heteroatoms. The minimum Gasteiger partial charge on any atom is -0.323 e. The van der Waals surface area contributed by atoms with Gasteiger partial charge in [-0.05, 0) is 43.2 Å². The molecule has 1 fully saturated rings. The third-order valence-electron chi connectivity index (χ3n) is 4.38. The average Bonchev–Trinajstić information content (AvgIpc) is 2.68. The largest absolute Gasteiger partial charge is 0.323 e. The molecule has 0 spiro atoms. The summed E-state index contributed by atoms with van der Waals surface area (Å²) in [6.45, 7) is 0.849. The molecule has 0 aliphatic carbocycles. The number of urea groups is 1. The first-order valence-electron chi connectivity index (χ1n) is 9.15. The molecule has 0 unspecified atom stereocenters. The lowest BCUT2D eigenvalue weighted by Crippen LogP contribution is -2.50. The Morgan fingerprint density at radius 2 is 1.90 bits per heavy atom. The van der Waals surface area contributed by atoms with Gasteiger partial charge in [-0.1, -0.05) is 6.07 Å². The van der Waals surface area contributed by atoms with Crippen molar-refractivity contribution in [3.63, 3.8) is 0 Å². The van der Waals surface area contributed by atoms with Gasteiger partial charge >= 0.3 is 6.03 Å². The summed E-state index contributed by atoms with van der Waals surface area (Å²) in [5.41, 5.74) is 1.49. The van der Waals surface area contributed by atoms with Crippen molar-refractivity contribution < 1.29 is 18.0 Å². The van der Waals surface area contributed by atoms with Crippen molar-refractivity contribution >= 4 is 33.3 Å². The van der Waals surface area contributed by atoms with Gasteiger partial charge in [-0.15, -0.1) is 0 Å². The molecule has 0 bridgehead atoms. The van der Waals surface area contributed by atoms with Gasteiger partial charge < -0.3 is 15.5 Å². The van der Waals surface area contributed by atoms with Gasteiger partial charge in [-0.25, -0.2) is 17.9 Å². The summed E-state index contributed by atoms with van der Waals surface area (Å²) in [6, 6.07) is 9.53. The Morgan fingerprint density at radius 3 is 2.59 bits per heavy atom. The van der Waals surface area contributed by atoms with Crippen molar-refractivity contribution in [2.24, 2.45) is 0 Å². The monoisotopic (exact) mass is 417 g/mol. The summed E-state index contributed by atoms with van der Waals surface area (Å²) in [5.74, 6) is -0.299. The highest BCUT2D eigenvalue weighted by atomic mass is 32.2. The first-order chi connectivity index (χ1) is 13.8. The van der Waals surface area contributed by atoms with Crippen molar-refractivity contribution in [1.82, 2.24) is 14.6 Å². The molecule has 0 saturated carbocycles. The van der Waals surface area contributed by atoms with Gasteiger partial charge in [0.2, 0.25) is 10.0 Å². The van der Waals surface area contributed by atoms with E-state index < -0.39 is 10.0 Å². The molecular formula is C19H23N5O4S. The zero-order valence-corrected chi connectivity index (χ0v) is 16.8. The highest BCUT2D eigenvalue weighted by Gasteiger charge is 2.25. The summed E-state index contributed by atoms with van der Waals surface area (Å²) in [7, 11) is -3.32. The van der Waals surface area contributed by atoms with Crippen molar-refractivity contribution in [2.45, 2.75) is 18.9 Å². The highest BCUT2D eigenvalue weighted by molar-refractivity contribution is 7.88. The Morgan fingerprint density at radius 1 is 1.14 bits per heavy atom. The maximum atomic E-state index is 12.6. The lowest BCUT2D eigenvalue weighted by atomic mass is 10.1. The van der Waals surface area contributed by atoms with Gasteiger partial charge in [0.05, 0.1) is 11.8 Å². The van der Waals surface area contributed by atoms with Gasteiger partial charge in [0, 0.05) is 42.9 Å². The maximum absolute atomic E-state index is 12.6. The molecule has 3 amide bonds. The fourth-order valence-electron chi connectivity index (χ4n) is 3.14. The van der Waals surface area contributed by atoms with E-state index in [1.54, 1.807) is 47.5 Å². The van der Waals surface area contributed by atoms with Crippen LogP contribution >= 0.6 is 0 Å². The van der Waals surface area contributed by atoms with Gasteiger partial charge in [-0.2, -0.15) is 0 Å². The molecule has 1 aliphatic rings. The van der Waals surface area contributed by atoms with E-state index in [1.165, 1.54) is 6.20 Å². The maximum Gasteiger partial charge on any atom is 0.321 e. The molecule has 0 radical (unpaired) electrons. The molecule has 1 aliphatic heterocycles. The number of hydrogen-bond donors (Lipinski definition) is 3. The third kappa shape index (κ3) is 6.26. The fourth-order valence-corrected chi connectivity index (χ4v) is 3.94. The molecule has 154 valence electrons. The van der Waals surface area contributed by atoms with E-state index in [1.807, 2.05) is 0 Å². The van der Waals surface area contributed by atoms with Gasteiger partial charge in [-0.3, -0.25) is 9.78 Å². The average molecular weight is 417 g/mol. The van der Waals surface area contributed by atoms with Crippen LogP contribution in [0.4, 0.5) is 16.2 Å². The number of piperidine rings is 1. The molecule has 1 saturated heterocycles. The van der Waals surface area contributed by atoms with Crippen LogP contribution in [0.3, 0.4) is 0 Å². The summed E-state index contributed by atoms with van der Waals surface area (Å²) in [4.78, 5) is 30.3. The van der Waals surface area contributed by atoms with E-state index in [0.29, 0.717) is 42.9 Å². The van der Waals surface area contributed by atoms with Crippen LogP contribution < -0.4 is 15.4 Å². The highest BCUT2D eigenvalue weighted by Crippen LogP contribution is 2.18. The summed E-state index contributed by atoms with van der Waals surface area (Å²) in [6.07, 6.45) is 5.56. The molecule has 3 N–H and O–H groups in total. The predicted molar refractivity (Wildman–Crippen MR) is 110 cm³/mol. The summed E-state index contributed by atoms with van der Waals surface area (Å²) < 4.78 is 25.4. The van der Waals surface area contributed by atoms with Gasteiger partial charge in [0.1, 0.15) is 0 Å². The summed E-state index contributed by atoms with van der Waals surface area (Å²) >= 11 is 0. The molecule has 2 aromatic rings. The first-order valence-corrected chi connectivity index (χ1v) is 11.0. The number of carbonyl (C=O) groups is 2. The Hall–Kier alpha value is -2.98. The number of sulfonamides is 1. The van der Waals surface area contributed by atoms with E-state index in [4.69, 9.17) is 0 Å². The second-order valence-electron chi connectivity index (χ2n) is 6.88. The molecule has 29 heavy (non-hydrogen) atoms. The van der Waals surface area contributed by atoms with Crippen LogP contribution in [0.2, 0.25) is 0 Å². The fraction of sp³-hybridized carbons (Fsp3) is 0.316. The number of nitrogens with one attached hydrogen (secondary N) is 3. The number of carbonyl (C=O) groups excluding carboxylic acids is 2. The minimum absolute atomic E-state index is 0.297. The Balaban J connectivity index is 1.61. The van der Waals surface area contributed by atoms with E-state index in [0.717, 1.165) is 6.26 Å². The van der Waals surface area contributed by atoms with Crippen LogP contribution in [0.1, 0.15) is 23.2 Å². The molecular weight excluding hydrogens is 394 g/mol. The van der Waals surface area contributed by atoms with Crippen LogP contribution in [0.5, 0.6) is 0 Å².